The Bertz CT molecular complexity index is 889. The number of hydrogen-bond donors (Lipinski definition) is 2. The highest BCUT2D eigenvalue weighted by molar-refractivity contribution is 7.18. The third-order valence-corrected chi connectivity index (χ3v) is 4.84. The topological polar surface area (TPSA) is 117 Å². The highest BCUT2D eigenvalue weighted by Gasteiger charge is 2.26. The van der Waals surface area contributed by atoms with Gasteiger partial charge in [-0.2, -0.15) is 0 Å². The van der Waals surface area contributed by atoms with Crippen LogP contribution in [0.3, 0.4) is 0 Å². The smallest absolute Gasteiger partial charge is 0.341 e. The fourth-order valence-electron chi connectivity index (χ4n) is 2.40. The molecule has 1 aromatic heterocycles. The number of ether oxygens (including phenoxy) is 3. The number of anilines is 1. The van der Waals surface area contributed by atoms with Gasteiger partial charge in [-0.05, 0) is 30.7 Å². The summed E-state index contributed by atoms with van der Waals surface area (Å²) in [7, 11) is 1.22. The van der Waals surface area contributed by atoms with Crippen LogP contribution < -0.4 is 20.5 Å². The van der Waals surface area contributed by atoms with Crippen molar-refractivity contribution in [3.63, 3.8) is 0 Å². The zero-order valence-electron chi connectivity index (χ0n) is 13.4. The molecule has 0 aliphatic carbocycles. The maximum absolute atomic E-state index is 12.5. The number of primary amides is 1. The van der Waals surface area contributed by atoms with Crippen LogP contribution in [0.5, 0.6) is 11.5 Å². The molecule has 0 saturated heterocycles. The number of carbonyl (C=O) groups excluding carboxylic acids is 3. The SMILES string of the molecule is COC(=O)c1c(NC(=O)c2ccc3c(c2)OCO3)sc(C(N)=O)c1C. The summed E-state index contributed by atoms with van der Waals surface area (Å²) >= 11 is 0.923. The van der Waals surface area contributed by atoms with Crippen LogP contribution in [-0.2, 0) is 4.74 Å². The number of fused-ring (bicyclic) bond motifs is 1. The van der Waals surface area contributed by atoms with Crippen molar-refractivity contribution in [1.82, 2.24) is 0 Å². The van der Waals surface area contributed by atoms with Crippen molar-refractivity contribution in [3.8, 4) is 11.5 Å². The van der Waals surface area contributed by atoms with Gasteiger partial charge in [-0.1, -0.05) is 0 Å². The lowest BCUT2D eigenvalue weighted by Crippen LogP contribution is -2.14. The first-order chi connectivity index (χ1) is 11.9. The largest absolute Gasteiger partial charge is 0.465 e. The standard InChI is InChI=1S/C16H14N2O6S/c1-7-11(16(21)22-2)15(25-12(7)13(17)19)18-14(20)8-3-4-9-10(5-8)24-6-23-9/h3-5H,6H2,1-2H3,(H2,17,19)(H,18,20). The maximum atomic E-state index is 12.5. The fraction of sp³-hybridized carbons (Fsp3) is 0.188. The average molecular weight is 362 g/mol. The molecule has 0 radical (unpaired) electrons. The lowest BCUT2D eigenvalue weighted by molar-refractivity contribution is 0.0601. The Hall–Kier alpha value is -3.07. The van der Waals surface area contributed by atoms with E-state index in [1.807, 2.05) is 0 Å². The van der Waals surface area contributed by atoms with Crippen molar-refractivity contribution in [3.05, 3.63) is 39.8 Å². The second-order valence-corrected chi connectivity index (χ2v) is 6.16. The number of benzene rings is 1. The van der Waals surface area contributed by atoms with Crippen molar-refractivity contribution in [2.75, 3.05) is 19.2 Å². The molecule has 1 aliphatic heterocycles. The van der Waals surface area contributed by atoms with E-state index in [4.69, 9.17) is 19.9 Å². The fourth-order valence-corrected chi connectivity index (χ4v) is 3.44. The van der Waals surface area contributed by atoms with Crippen LogP contribution in [0.1, 0.15) is 36.0 Å². The van der Waals surface area contributed by atoms with E-state index in [1.165, 1.54) is 13.2 Å². The van der Waals surface area contributed by atoms with Crippen molar-refractivity contribution in [1.29, 1.82) is 0 Å². The minimum absolute atomic E-state index is 0.0962. The Morgan fingerprint density at radius 1 is 1.24 bits per heavy atom. The zero-order chi connectivity index (χ0) is 18.1. The van der Waals surface area contributed by atoms with E-state index in [2.05, 4.69) is 5.32 Å². The van der Waals surface area contributed by atoms with Crippen LogP contribution in [0.4, 0.5) is 5.00 Å². The van der Waals surface area contributed by atoms with Gasteiger partial charge in [0.1, 0.15) is 5.00 Å². The van der Waals surface area contributed by atoms with Crippen LogP contribution in [0.2, 0.25) is 0 Å². The lowest BCUT2D eigenvalue weighted by atomic mass is 10.1. The van der Waals surface area contributed by atoms with Gasteiger partial charge in [-0.3, -0.25) is 9.59 Å². The summed E-state index contributed by atoms with van der Waals surface area (Å²) in [4.78, 5) is 36.2. The molecular formula is C16H14N2O6S. The van der Waals surface area contributed by atoms with Gasteiger partial charge in [0.25, 0.3) is 11.8 Å². The van der Waals surface area contributed by atoms with Crippen molar-refractivity contribution in [2.24, 2.45) is 5.73 Å². The first-order valence-corrected chi connectivity index (χ1v) is 7.96. The number of hydrogen-bond acceptors (Lipinski definition) is 7. The van der Waals surface area contributed by atoms with Crippen molar-refractivity contribution in [2.45, 2.75) is 6.92 Å². The quantitative estimate of drug-likeness (QED) is 0.803. The van der Waals surface area contributed by atoms with Gasteiger partial charge >= 0.3 is 5.97 Å². The minimum Gasteiger partial charge on any atom is -0.465 e. The predicted molar refractivity (Wildman–Crippen MR) is 89.4 cm³/mol. The van der Waals surface area contributed by atoms with Gasteiger partial charge in [0.15, 0.2) is 11.5 Å². The molecular weight excluding hydrogens is 348 g/mol. The Labute approximate surface area is 146 Å². The van der Waals surface area contributed by atoms with Gasteiger partial charge in [-0.15, -0.1) is 11.3 Å². The molecule has 1 aliphatic rings. The summed E-state index contributed by atoms with van der Waals surface area (Å²) < 4.78 is 15.2. The van der Waals surface area contributed by atoms with Crippen LogP contribution in [0, 0.1) is 6.92 Å². The normalized spacial score (nSPS) is 11.9. The second kappa shape index (κ2) is 6.44. The number of rotatable bonds is 4. The highest BCUT2D eigenvalue weighted by atomic mass is 32.1. The summed E-state index contributed by atoms with van der Waals surface area (Å²) in [5.74, 6) is -0.810. The minimum atomic E-state index is -0.684. The second-order valence-electron chi connectivity index (χ2n) is 5.14. The molecule has 2 heterocycles. The molecule has 130 valence electrons. The van der Waals surface area contributed by atoms with E-state index in [9.17, 15) is 14.4 Å². The molecule has 25 heavy (non-hydrogen) atoms. The number of nitrogens with two attached hydrogens (primary N) is 1. The molecule has 0 fully saturated rings. The van der Waals surface area contributed by atoms with E-state index >= 15 is 0 Å². The van der Waals surface area contributed by atoms with E-state index in [-0.39, 0.29) is 22.2 Å². The van der Waals surface area contributed by atoms with Gasteiger partial charge in [0, 0.05) is 5.56 Å². The summed E-state index contributed by atoms with van der Waals surface area (Å²) in [6.07, 6.45) is 0. The number of thiophene rings is 1. The van der Waals surface area contributed by atoms with Gasteiger partial charge in [0.2, 0.25) is 6.79 Å². The summed E-state index contributed by atoms with van der Waals surface area (Å²) in [6, 6.07) is 4.72. The Morgan fingerprint density at radius 2 is 1.96 bits per heavy atom. The molecule has 3 rings (SSSR count). The van der Waals surface area contributed by atoms with E-state index in [0.717, 1.165) is 11.3 Å². The van der Waals surface area contributed by atoms with Crippen LogP contribution in [0.15, 0.2) is 18.2 Å². The van der Waals surface area contributed by atoms with Crippen LogP contribution in [-0.4, -0.2) is 31.7 Å². The maximum Gasteiger partial charge on any atom is 0.341 e. The zero-order valence-corrected chi connectivity index (χ0v) is 14.2. The molecule has 0 bridgehead atoms. The Morgan fingerprint density at radius 3 is 2.64 bits per heavy atom. The molecule has 9 heteroatoms. The number of methoxy groups -OCH3 is 1. The monoisotopic (exact) mass is 362 g/mol. The van der Waals surface area contributed by atoms with E-state index in [0.29, 0.717) is 22.6 Å². The van der Waals surface area contributed by atoms with Gasteiger partial charge in [0.05, 0.1) is 17.6 Å². The van der Waals surface area contributed by atoms with Crippen molar-refractivity contribution < 1.29 is 28.6 Å². The predicted octanol–water partition coefficient (Wildman–Crippen LogP) is 1.92. The van der Waals surface area contributed by atoms with Crippen LogP contribution in [0.25, 0.3) is 0 Å². The van der Waals surface area contributed by atoms with Crippen LogP contribution >= 0.6 is 11.3 Å². The summed E-state index contributed by atoms with van der Waals surface area (Å²) in [5.41, 5.74) is 6.10. The molecule has 0 saturated carbocycles. The average Bonchev–Trinajstić information content (AvgIpc) is 3.17. The molecule has 0 spiro atoms. The Balaban J connectivity index is 1.94. The highest BCUT2D eigenvalue weighted by Crippen LogP contribution is 2.35. The molecule has 2 amide bonds. The molecule has 0 unspecified atom stereocenters. The third-order valence-electron chi connectivity index (χ3n) is 3.62. The lowest BCUT2D eigenvalue weighted by Gasteiger charge is -2.07. The molecule has 2 aromatic rings. The van der Waals surface area contributed by atoms with Gasteiger partial charge < -0.3 is 25.3 Å². The Kier molecular flexibility index (Phi) is 4.32. The number of nitrogens with one attached hydrogen (secondary N) is 1. The molecule has 0 atom stereocenters. The summed E-state index contributed by atoms with van der Waals surface area (Å²) in [5, 5.41) is 2.82. The molecule has 8 nitrogen and oxygen atoms in total. The number of amides is 2. The number of esters is 1. The molecule has 1 aromatic carbocycles. The first kappa shape index (κ1) is 16.8. The van der Waals surface area contributed by atoms with E-state index in [1.54, 1.807) is 19.1 Å². The third kappa shape index (κ3) is 3.01. The van der Waals surface area contributed by atoms with Gasteiger partial charge in [-0.25, -0.2) is 4.79 Å². The molecule has 3 N–H and O–H groups in total. The number of carbonyl (C=O) groups is 3. The first-order valence-electron chi connectivity index (χ1n) is 7.15. The summed E-state index contributed by atoms with van der Waals surface area (Å²) in [6.45, 7) is 1.66. The van der Waals surface area contributed by atoms with E-state index < -0.39 is 17.8 Å². The van der Waals surface area contributed by atoms with Crippen molar-refractivity contribution >= 4 is 34.1 Å².